The molecule has 3 N–H and O–H groups in total. The van der Waals surface area contributed by atoms with Crippen molar-refractivity contribution in [3.63, 3.8) is 0 Å². The van der Waals surface area contributed by atoms with Gasteiger partial charge in [0.05, 0.1) is 18.0 Å². The highest BCUT2D eigenvalue weighted by atomic mass is 15.6. The van der Waals surface area contributed by atoms with Crippen LogP contribution in [0.4, 0.5) is 0 Å². The Labute approximate surface area is 132 Å². The number of aliphatic imine (C=N–C) groups is 2. The van der Waals surface area contributed by atoms with Crippen molar-refractivity contribution in [2.75, 3.05) is 0 Å². The normalized spacial score (nSPS) is 24.7. The molecule has 3 heterocycles. The zero-order valence-corrected chi connectivity index (χ0v) is 12.3. The van der Waals surface area contributed by atoms with E-state index < -0.39 is 0 Å². The van der Waals surface area contributed by atoms with E-state index in [0.717, 1.165) is 33.9 Å². The standard InChI is InChI=1S/C18H14N5/c19-23-9-8-20-11-16(23)17(13-2-1-3-13)22-18(23)14-5-4-12-6-7-21-15(12)10-14/h1-11,21H,19H2/q+1. The molecule has 1 atom stereocenters. The highest BCUT2D eigenvalue weighted by Gasteiger charge is 2.44. The van der Waals surface area contributed by atoms with Crippen molar-refractivity contribution in [3.05, 3.63) is 83.6 Å². The van der Waals surface area contributed by atoms with Crippen LogP contribution in [-0.4, -0.2) is 21.6 Å². The fourth-order valence-electron chi connectivity index (χ4n) is 3.13. The number of hydrogen-bond acceptors (Lipinski definition) is 3. The number of nitrogens with two attached hydrogens (primary N) is 1. The highest BCUT2D eigenvalue weighted by molar-refractivity contribution is 6.03. The lowest BCUT2D eigenvalue weighted by Crippen LogP contribution is -2.53. The molecule has 1 unspecified atom stereocenters. The Morgan fingerprint density at radius 1 is 1.17 bits per heavy atom. The van der Waals surface area contributed by atoms with Crippen molar-refractivity contribution < 1.29 is 4.59 Å². The molecule has 1 aromatic carbocycles. The third-order valence-electron chi connectivity index (χ3n) is 4.43. The van der Waals surface area contributed by atoms with Gasteiger partial charge in [-0.1, -0.05) is 24.3 Å². The van der Waals surface area contributed by atoms with E-state index in [4.69, 9.17) is 10.8 Å². The number of aromatic amines is 1. The Morgan fingerprint density at radius 3 is 2.91 bits per heavy atom. The van der Waals surface area contributed by atoms with Crippen LogP contribution in [-0.2, 0) is 0 Å². The summed E-state index contributed by atoms with van der Waals surface area (Å²) in [6.45, 7) is 0. The highest BCUT2D eigenvalue weighted by Crippen LogP contribution is 2.36. The van der Waals surface area contributed by atoms with Crippen molar-refractivity contribution >= 4 is 23.0 Å². The fraction of sp³-hybridized carbons (Fsp3) is 0. The van der Waals surface area contributed by atoms with E-state index >= 15 is 0 Å². The molecule has 2 aromatic rings. The summed E-state index contributed by atoms with van der Waals surface area (Å²) >= 11 is 0. The largest absolute Gasteiger partial charge is 0.361 e. The number of hydrogen-bond donors (Lipinski definition) is 2. The van der Waals surface area contributed by atoms with Crippen LogP contribution in [0, 0.1) is 0 Å². The molecule has 0 spiro atoms. The summed E-state index contributed by atoms with van der Waals surface area (Å²) in [7, 11) is 0. The van der Waals surface area contributed by atoms with Crippen LogP contribution in [0.5, 0.6) is 0 Å². The Bertz CT molecular complexity index is 1030. The van der Waals surface area contributed by atoms with E-state index in [-0.39, 0.29) is 4.59 Å². The molecular formula is C18H14N5+. The van der Waals surface area contributed by atoms with Crippen LogP contribution >= 0.6 is 0 Å². The summed E-state index contributed by atoms with van der Waals surface area (Å²) in [5.41, 5.74) is 4.95. The minimum absolute atomic E-state index is 0.0518. The van der Waals surface area contributed by atoms with E-state index in [1.54, 1.807) is 12.4 Å². The summed E-state index contributed by atoms with van der Waals surface area (Å²) in [5, 5.41) is 1.17. The molecule has 1 aromatic heterocycles. The molecule has 1 aliphatic carbocycles. The quantitative estimate of drug-likeness (QED) is 0.650. The number of aromatic nitrogens is 1. The number of H-pyrrole nitrogens is 1. The third kappa shape index (κ3) is 1.63. The monoisotopic (exact) mass is 300 g/mol. The fourth-order valence-corrected chi connectivity index (χ4v) is 3.13. The second-order valence-corrected chi connectivity index (χ2v) is 5.78. The molecule has 0 bridgehead atoms. The molecule has 0 saturated carbocycles. The molecular weight excluding hydrogens is 286 g/mol. The topological polar surface area (TPSA) is 66.5 Å². The van der Waals surface area contributed by atoms with Crippen LogP contribution < -0.4 is 5.84 Å². The van der Waals surface area contributed by atoms with Crippen LogP contribution in [0.1, 0.15) is 5.56 Å². The summed E-state index contributed by atoms with van der Waals surface area (Å²) < 4.78 is 0.0518. The summed E-state index contributed by atoms with van der Waals surface area (Å²) in [6, 6.07) is 8.28. The first-order valence-electron chi connectivity index (χ1n) is 7.44. The number of amidine groups is 1. The van der Waals surface area contributed by atoms with Gasteiger partial charge in [0.25, 0.3) is 5.84 Å². The average molecular weight is 300 g/mol. The van der Waals surface area contributed by atoms with Gasteiger partial charge in [0.15, 0.2) is 0 Å². The van der Waals surface area contributed by atoms with Gasteiger partial charge in [0, 0.05) is 17.3 Å². The maximum absolute atomic E-state index is 6.68. The molecule has 3 aliphatic rings. The predicted octanol–water partition coefficient (Wildman–Crippen LogP) is 2.88. The van der Waals surface area contributed by atoms with Crippen molar-refractivity contribution in [2.45, 2.75) is 0 Å². The van der Waals surface area contributed by atoms with Gasteiger partial charge < -0.3 is 4.98 Å². The van der Waals surface area contributed by atoms with E-state index in [1.807, 2.05) is 30.6 Å². The predicted molar refractivity (Wildman–Crippen MR) is 91.2 cm³/mol. The van der Waals surface area contributed by atoms with Gasteiger partial charge in [-0.2, -0.15) is 10.8 Å². The summed E-state index contributed by atoms with van der Waals surface area (Å²) in [4.78, 5) is 12.3. The van der Waals surface area contributed by atoms with Crippen molar-refractivity contribution in [1.29, 1.82) is 0 Å². The zero-order valence-electron chi connectivity index (χ0n) is 12.3. The Morgan fingerprint density at radius 2 is 2.09 bits per heavy atom. The molecule has 0 saturated heterocycles. The smallest absolute Gasteiger partial charge is 0.265 e. The number of benzene rings is 1. The minimum Gasteiger partial charge on any atom is -0.361 e. The van der Waals surface area contributed by atoms with Gasteiger partial charge in [-0.05, 0) is 23.6 Å². The lowest BCUT2D eigenvalue weighted by atomic mass is 10.0. The molecule has 23 heavy (non-hydrogen) atoms. The molecule has 0 radical (unpaired) electrons. The van der Waals surface area contributed by atoms with E-state index in [2.05, 4.69) is 34.2 Å². The Balaban J connectivity index is 1.70. The lowest BCUT2D eigenvalue weighted by molar-refractivity contribution is -0.750. The molecule has 2 aliphatic heterocycles. The first-order chi connectivity index (χ1) is 11.3. The van der Waals surface area contributed by atoms with Crippen LogP contribution in [0.25, 0.3) is 10.9 Å². The van der Waals surface area contributed by atoms with Crippen molar-refractivity contribution in [1.82, 2.24) is 4.98 Å². The molecule has 0 amide bonds. The first-order valence-corrected chi connectivity index (χ1v) is 7.44. The van der Waals surface area contributed by atoms with Gasteiger partial charge >= 0.3 is 0 Å². The number of quaternary nitrogens is 1. The second-order valence-electron chi connectivity index (χ2n) is 5.78. The van der Waals surface area contributed by atoms with E-state index in [9.17, 15) is 0 Å². The minimum atomic E-state index is 0.0518. The van der Waals surface area contributed by atoms with Crippen LogP contribution in [0.3, 0.4) is 0 Å². The van der Waals surface area contributed by atoms with Crippen LogP contribution in [0.2, 0.25) is 0 Å². The molecule has 5 rings (SSSR count). The van der Waals surface area contributed by atoms with Gasteiger partial charge in [-0.15, -0.1) is 4.59 Å². The Hall–Kier alpha value is -3.02. The number of fused-ring (bicyclic) bond motifs is 2. The van der Waals surface area contributed by atoms with E-state index in [1.165, 1.54) is 5.39 Å². The number of rotatable bonds is 2. The molecule has 0 fully saturated rings. The van der Waals surface area contributed by atoms with Crippen molar-refractivity contribution in [3.8, 4) is 0 Å². The lowest BCUT2D eigenvalue weighted by Gasteiger charge is -2.26. The molecule has 110 valence electrons. The maximum Gasteiger partial charge on any atom is 0.265 e. The molecule has 5 heteroatoms. The van der Waals surface area contributed by atoms with Gasteiger partial charge in [0.2, 0.25) is 5.70 Å². The first kappa shape index (κ1) is 12.5. The van der Waals surface area contributed by atoms with Crippen LogP contribution in [0.15, 0.2) is 88.0 Å². The van der Waals surface area contributed by atoms with Crippen molar-refractivity contribution in [2.24, 2.45) is 15.8 Å². The Kier molecular flexibility index (Phi) is 2.31. The number of nitrogens with zero attached hydrogens (tertiary/aromatic N) is 3. The molecule has 5 nitrogen and oxygen atoms in total. The van der Waals surface area contributed by atoms with Gasteiger partial charge in [0.1, 0.15) is 11.9 Å². The summed E-state index contributed by atoms with van der Waals surface area (Å²) in [6.07, 6.45) is 13.4. The van der Waals surface area contributed by atoms with E-state index in [0.29, 0.717) is 0 Å². The van der Waals surface area contributed by atoms with Gasteiger partial charge in [-0.25, -0.2) is 0 Å². The average Bonchev–Trinajstić information content (AvgIpc) is 3.07. The zero-order chi connectivity index (χ0) is 15.4. The second kappa shape index (κ2) is 4.25. The number of allylic oxidation sites excluding steroid dienone is 4. The maximum atomic E-state index is 6.68. The van der Waals surface area contributed by atoms with Gasteiger partial charge in [-0.3, -0.25) is 4.99 Å². The third-order valence-corrected chi connectivity index (χ3v) is 4.43. The summed E-state index contributed by atoms with van der Waals surface area (Å²) in [5.74, 6) is 7.48. The number of nitrogens with one attached hydrogen (secondary N) is 1. The SMILES string of the molecule is N[N+]12C=CN=CC1=C(C1=CC=C1)N=C2c1ccc2cc[nH]c2c1.